The molecule has 9 heteroatoms. The van der Waals surface area contributed by atoms with Crippen molar-refractivity contribution in [2.75, 3.05) is 12.9 Å². The van der Waals surface area contributed by atoms with Crippen LogP contribution in [0.25, 0.3) is 11.1 Å². The molecule has 3 aromatic rings. The van der Waals surface area contributed by atoms with Crippen LogP contribution < -0.4 is 9.50 Å². The van der Waals surface area contributed by atoms with Crippen molar-refractivity contribution in [2.24, 2.45) is 0 Å². The van der Waals surface area contributed by atoms with Gasteiger partial charge in [0, 0.05) is 12.3 Å². The predicted molar refractivity (Wildman–Crippen MR) is 143 cm³/mol. The maximum atomic E-state index is 13.0. The SMILES string of the molecule is CC(C)(C)OC(=O)[C@H](Cc1cccc(OS(C)(=O)=O)c1)NC(=O)OCC1c2ccccc2-c2ccccc21. The normalized spacial score (nSPS) is 13.7. The summed E-state index contributed by atoms with van der Waals surface area (Å²) in [7, 11) is -3.72. The van der Waals surface area contributed by atoms with E-state index in [1.165, 1.54) is 12.1 Å². The zero-order chi connectivity index (χ0) is 27.5. The van der Waals surface area contributed by atoms with Crippen molar-refractivity contribution in [2.45, 2.75) is 44.8 Å². The zero-order valence-corrected chi connectivity index (χ0v) is 22.6. The molecule has 200 valence electrons. The third-order valence-corrected chi connectivity index (χ3v) is 6.41. The third-order valence-electron chi connectivity index (χ3n) is 5.91. The Labute approximate surface area is 223 Å². The summed E-state index contributed by atoms with van der Waals surface area (Å²) >= 11 is 0. The number of carbonyl (C=O) groups is 2. The minimum absolute atomic E-state index is 0.0417. The molecule has 0 heterocycles. The number of carbonyl (C=O) groups excluding carboxylic acids is 2. The van der Waals surface area contributed by atoms with E-state index in [1.54, 1.807) is 32.9 Å². The van der Waals surface area contributed by atoms with Crippen molar-refractivity contribution in [3.05, 3.63) is 89.5 Å². The van der Waals surface area contributed by atoms with Crippen LogP contribution in [0.1, 0.15) is 43.4 Å². The van der Waals surface area contributed by atoms with Crippen LogP contribution in [0, 0.1) is 0 Å². The summed E-state index contributed by atoms with van der Waals surface area (Å²) in [6.07, 6.45) is 0.230. The highest BCUT2D eigenvalue weighted by molar-refractivity contribution is 7.86. The molecule has 0 spiro atoms. The molecule has 1 atom stereocenters. The van der Waals surface area contributed by atoms with Gasteiger partial charge in [0.15, 0.2) is 0 Å². The van der Waals surface area contributed by atoms with Crippen LogP contribution in [0.5, 0.6) is 5.75 Å². The van der Waals surface area contributed by atoms with Crippen molar-refractivity contribution >= 4 is 22.2 Å². The average Bonchev–Trinajstić information content (AvgIpc) is 3.14. The van der Waals surface area contributed by atoms with E-state index in [4.69, 9.17) is 13.7 Å². The summed E-state index contributed by atoms with van der Waals surface area (Å²) < 4.78 is 39.1. The van der Waals surface area contributed by atoms with Crippen LogP contribution in [0.15, 0.2) is 72.8 Å². The molecule has 38 heavy (non-hydrogen) atoms. The van der Waals surface area contributed by atoms with Gasteiger partial charge in [0.25, 0.3) is 0 Å². The van der Waals surface area contributed by atoms with E-state index >= 15 is 0 Å². The molecule has 0 aliphatic heterocycles. The first kappa shape index (κ1) is 27.2. The summed E-state index contributed by atoms with van der Waals surface area (Å²) in [5, 5.41) is 2.63. The Morgan fingerprint density at radius 1 is 0.921 bits per heavy atom. The fraction of sp³-hybridized carbons (Fsp3) is 0.310. The number of fused-ring (bicyclic) bond motifs is 3. The number of hydrogen-bond donors (Lipinski definition) is 1. The molecule has 0 saturated carbocycles. The molecule has 0 saturated heterocycles. The molecule has 0 fully saturated rings. The van der Waals surface area contributed by atoms with Crippen molar-refractivity contribution in [1.82, 2.24) is 5.32 Å². The lowest BCUT2D eigenvalue weighted by Crippen LogP contribution is -2.46. The van der Waals surface area contributed by atoms with Crippen LogP contribution in [0.4, 0.5) is 4.79 Å². The van der Waals surface area contributed by atoms with Crippen LogP contribution in [-0.4, -0.2) is 45.0 Å². The number of rotatable bonds is 8. The Morgan fingerprint density at radius 2 is 1.53 bits per heavy atom. The topological polar surface area (TPSA) is 108 Å². The summed E-state index contributed by atoms with van der Waals surface area (Å²) in [4.78, 5) is 25.9. The monoisotopic (exact) mass is 537 g/mol. The second-order valence-corrected chi connectivity index (χ2v) is 11.8. The Hall–Kier alpha value is -3.85. The summed E-state index contributed by atoms with van der Waals surface area (Å²) in [5.74, 6) is -0.660. The summed E-state index contributed by atoms with van der Waals surface area (Å²) in [5.41, 5.74) is 4.17. The van der Waals surface area contributed by atoms with Gasteiger partial charge in [-0.2, -0.15) is 8.42 Å². The first-order chi connectivity index (χ1) is 17.9. The highest BCUT2D eigenvalue weighted by Crippen LogP contribution is 2.44. The van der Waals surface area contributed by atoms with Gasteiger partial charge in [-0.1, -0.05) is 60.7 Å². The molecule has 3 aromatic carbocycles. The van der Waals surface area contributed by atoms with Gasteiger partial charge >= 0.3 is 22.2 Å². The van der Waals surface area contributed by atoms with Crippen molar-refractivity contribution in [1.29, 1.82) is 0 Å². The fourth-order valence-corrected chi connectivity index (χ4v) is 4.94. The quantitative estimate of drug-likeness (QED) is 0.324. The van der Waals surface area contributed by atoms with Gasteiger partial charge in [0.1, 0.15) is 24.0 Å². The van der Waals surface area contributed by atoms with Crippen LogP contribution in [0.2, 0.25) is 0 Å². The maximum absolute atomic E-state index is 13.0. The maximum Gasteiger partial charge on any atom is 0.407 e. The first-order valence-corrected chi connectivity index (χ1v) is 14.0. The molecule has 1 aliphatic rings. The molecule has 0 unspecified atom stereocenters. The van der Waals surface area contributed by atoms with E-state index in [0.717, 1.165) is 28.5 Å². The lowest BCUT2D eigenvalue weighted by molar-refractivity contribution is -0.157. The molecule has 1 amide bonds. The van der Waals surface area contributed by atoms with Crippen LogP contribution in [-0.2, 0) is 30.8 Å². The highest BCUT2D eigenvalue weighted by atomic mass is 32.2. The second kappa shape index (κ2) is 10.9. The number of nitrogens with one attached hydrogen (secondary N) is 1. The van der Waals surface area contributed by atoms with Crippen LogP contribution >= 0.6 is 0 Å². The second-order valence-electron chi connectivity index (χ2n) is 10.2. The van der Waals surface area contributed by atoms with Gasteiger partial charge in [0.2, 0.25) is 0 Å². The van der Waals surface area contributed by atoms with E-state index in [1.807, 2.05) is 48.5 Å². The number of ether oxygens (including phenoxy) is 2. The van der Waals surface area contributed by atoms with Gasteiger partial charge in [-0.25, -0.2) is 9.59 Å². The number of benzene rings is 3. The molecule has 0 bridgehead atoms. The lowest BCUT2D eigenvalue weighted by Gasteiger charge is -2.25. The number of hydrogen-bond acceptors (Lipinski definition) is 7. The van der Waals surface area contributed by atoms with Crippen molar-refractivity contribution in [3.63, 3.8) is 0 Å². The molecular weight excluding hydrogens is 506 g/mol. The molecule has 0 radical (unpaired) electrons. The Balaban J connectivity index is 1.48. The largest absolute Gasteiger partial charge is 0.458 e. The van der Waals surface area contributed by atoms with Crippen molar-refractivity contribution in [3.8, 4) is 16.9 Å². The van der Waals surface area contributed by atoms with Gasteiger partial charge < -0.3 is 19.0 Å². The standard InChI is InChI=1S/C29H31NO7S/c1-29(2,3)36-27(31)26(17-19-10-9-11-20(16-19)37-38(4,33)34)30-28(32)35-18-25-23-14-7-5-12-21(23)22-13-6-8-15-24(22)25/h5-16,25-26H,17-18H2,1-4H3,(H,30,32)/t26-/m0/s1. The molecule has 1 N–H and O–H groups in total. The molecule has 0 aromatic heterocycles. The molecule has 8 nitrogen and oxygen atoms in total. The Morgan fingerprint density at radius 3 is 2.11 bits per heavy atom. The van der Waals surface area contributed by atoms with Crippen LogP contribution in [0.3, 0.4) is 0 Å². The van der Waals surface area contributed by atoms with Gasteiger partial charge in [-0.3, -0.25) is 0 Å². The van der Waals surface area contributed by atoms with Crippen molar-refractivity contribution < 1.29 is 31.7 Å². The minimum Gasteiger partial charge on any atom is -0.458 e. The van der Waals surface area contributed by atoms with E-state index in [9.17, 15) is 18.0 Å². The molecule has 4 rings (SSSR count). The first-order valence-electron chi connectivity index (χ1n) is 12.2. The minimum atomic E-state index is -3.72. The number of amides is 1. The van der Waals surface area contributed by atoms with Gasteiger partial charge in [-0.05, 0) is 60.7 Å². The molecular formula is C29H31NO7S. The summed E-state index contributed by atoms with van der Waals surface area (Å²) in [6, 6.07) is 21.2. The van der Waals surface area contributed by atoms with E-state index in [0.29, 0.717) is 5.56 Å². The smallest absolute Gasteiger partial charge is 0.407 e. The predicted octanol–water partition coefficient (Wildman–Crippen LogP) is 4.82. The van der Waals surface area contributed by atoms with E-state index in [-0.39, 0.29) is 24.7 Å². The lowest BCUT2D eigenvalue weighted by atomic mass is 9.98. The average molecular weight is 538 g/mol. The molecule has 1 aliphatic carbocycles. The van der Waals surface area contributed by atoms with E-state index in [2.05, 4.69) is 5.32 Å². The Bertz CT molecular complexity index is 1400. The number of esters is 1. The van der Waals surface area contributed by atoms with Gasteiger partial charge in [-0.15, -0.1) is 0 Å². The Kier molecular flexibility index (Phi) is 7.78. The summed E-state index contributed by atoms with van der Waals surface area (Å²) in [6.45, 7) is 5.29. The number of alkyl carbamates (subject to hydrolysis) is 1. The zero-order valence-electron chi connectivity index (χ0n) is 21.8. The third kappa shape index (κ3) is 6.92. The highest BCUT2D eigenvalue weighted by Gasteiger charge is 2.31. The van der Waals surface area contributed by atoms with E-state index < -0.39 is 33.8 Å². The fourth-order valence-electron chi connectivity index (χ4n) is 4.48. The van der Waals surface area contributed by atoms with Gasteiger partial charge in [0.05, 0.1) is 6.26 Å².